The van der Waals surface area contributed by atoms with Crippen LogP contribution in [0.4, 0.5) is 11.8 Å². The highest BCUT2D eigenvalue weighted by Gasteiger charge is 2.36. The third kappa shape index (κ3) is 5.19. The number of anilines is 2. The topological polar surface area (TPSA) is 105 Å². The van der Waals surface area contributed by atoms with Gasteiger partial charge in [-0.05, 0) is 48.7 Å². The van der Waals surface area contributed by atoms with Crippen molar-refractivity contribution in [3.05, 3.63) is 60.2 Å². The van der Waals surface area contributed by atoms with Crippen LogP contribution < -0.4 is 20.3 Å². The van der Waals surface area contributed by atoms with E-state index in [9.17, 15) is 0 Å². The number of fused-ring (bicyclic) bond motifs is 2. The number of rotatable bonds is 8. The monoisotopic (exact) mass is 541 g/mol. The van der Waals surface area contributed by atoms with E-state index >= 15 is 0 Å². The number of methoxy groups -OCH3 is 1. The summed E-state index contributed by atoms with van der Waals surface area (Å²) < 4.78 is 12.8. The molecule has 3 aliphatic heterocycles. The van der Waals surface area contributed by atoms with Crippen molar-refractivity contribution >= 4 is 17.3 Å². The smallest absolute Gasteiger partial charge is 0.222 e. The number of likely N-dealkylation sites (tertiary alicyclic amines) is 1. The fraction of sp³-hybridized carbons (Fsp3) is 0.448. The molecule has 3 aromatic heterocycles. The minimum Gasteiger partial charge on any atom is -0.497 e. The van der Waals surface area contributed by atoms with Crippen molar-refractivity contribution in [2.45, 2.75) is 13.1 Å². The van der Waals surface area contributed by atoms with Gasteiger partial charge in [-0.3, -0.25) is 4.90 Å². The first kappa shape index (κ1) is 25.2. The maximum atomic E-state index is 5.62. The Bertz CT molecular complexity index is 1440. The van der Waals surface area contributed by atoms with E-state index in [1.807, 2.05) is 47.4 Å². The van der Waals surface area contributed by atoms with Gasteiger partial charge in [0, 0.05) is 57.2 Å². The highest BCUT2D eigenvalue weighted by Crippen LogP contribution is 2.30. The average Bonchev–Trinajstić information content (AvgIpc) is 3.72. The number of nitrogens with zero attached hydrogens (tertiary/aromatic N) is 7. The zero-order chi connectivity index (χ0) is 26.9. The molecule has 3 saturated heterocycles. The van der Waals surface area contributed by atoms with Crippen molar-refractivity contribution in [2.24, 2.45) is 11.8 Å². The number of nitrogens with one attached hydrogen (secondary N) is 2. The van der Waals surface area contributed by atoms with E-state index in [-0.39, 0.29) is 0 Å². The highest BCUT2D eigenvalue weighted by molar-refractivity contribution is 5.73. The summed E-state index contributed by atoms with van der Waals surface area (Å²) >= 11 is 0. The van der Waals surface area contributed by atoms with Crippen molar-refractivity contribution < 1.29 is 9.47 Å². The Morgan fingerprint density at radius 2 is 1.80 bits per heavy atom. The van der Waals surface area contributed by atoms with Crippen molar-refractivity contribution in [3.63, 3.8) is 0 Å². The molecule has 208 valence electrons. The van der Waals surface area contributed by atoms with Crippen LogP contribution in [-0.4, -0.2) is 89.1 Å². The van der Waals surface area contributed by atoms with Crippen LogP contribution in [0.3, 0.4) is 0 Å². The van der Waals surface area contributed by atoms with Crippen molar-refractivity contribution in [2.75, 3.05) is 69.8 Å². The summed E-state index contributed by atoms with van der Waals surface area (Å²) in [5.74, 6) is 3.88. The molecular formula is C29H35N9O2. The van der Waals surface area contributed by atoms with Gasteiger partial charge in [0.25, 0.3) is 0 Å². The number of benzene rings is 1. The van der Waals surface area contributed by atoms with Crippen LogP contribution in [0.15, 0.2) is 48.9 Å². The van der Waals surface area contributed by atoms with Gasteiger partial charge in [-0.2, -0.15) is 5.10 Å². The van der Waals surface area contributed by atoms with E-state index in [1.54, 1.807) is 7.11 Å². The SMILES string of the molecule is COc1ccc(CNc2ncc(-c3cn4nc(CN5C[C@H]6CNC[C@@H]6C5)cc4c(N4CCOCC4)n3)cn2)cc1. The summed E-state index contributed by atoms with van der Waals surface area (Å²) in [6, 6.07) is 10.2. The molecule has 3 fully saturated rings. The number of hydrogen-bond acceptors (Lipinski definition) is 10. The molecule has 0 amide bonds. The van der Waals surface area contributed by atoms with E-state index < -0.39 is 0 Å². The van der Waals surface area contributed by atoms with Gasteiger partial charge in [0.1, 0.15) is 11.3 Å². The molecule has 2 atom stereocenters. The largest absolute Gasteiger partial charge is 0.497 e. The summed E-state index contributed by atoms with van der Waals surface area (Å²) in [7, 11) is 1.67. The Hall–Kier alpha value is -3.80. The van der Waals surface area contributed by atoms with Crippen molar-refractivity contribution in [1.82, 2.24) is 34.8 Å². The lowest BCUT2D eigenvalue weighted by Gasteiger charge is -2.28. The number of aromatic nitrogens is 5. The van der Waals surface area contributed by atoms with Gasteiger partial charge in [0.15, 0.2) is 5.82 Å². The fourth-order valence-electron chi connectivity index (χ4n) is 6.04. The first-order valence-corrected chi connectivity index (χ1v) is 14.1. The summed E-state index contributed by atoms with van der Waals surface area (Å²) in [5.41, 5.74) is 4.88. The van der Waals surface area contributed by atoms with Crippen LogP contribution in [0.25, 0.3) is 16.8 Å². The summed E-state index contributed by atoms with van der Waals surface area (Å²) in [5, 5.41) is 11.8. The quantitative estimate of drug-likeness (QED) is 0.345. The minimum absolute atomic E-state index is 0.570. The molecule has 1 aromatic carbocycles. The van der Waals surface area contributed by atoms with Crippen LogP contribution in [0.1, 0.15) is 11.3 Å². The zero-order valence-electron chi connectivity index (χ0n) is 22.8. The van der Waals surface area contributed by atoms with Gasteiger partial charge in [0.2, 0.25) is 5.95 Å². The molecular weight excluding hydrogens is 506 g/mol. The van der Waals surface area contributed by atoms with Gasteiger partial charge in [-0.15, -0.1) is 0 Å². The molecule has 4 aromatic rings. The first-order chi connectivity index (χ1) is 19.7. The Kier molecular flexibility index (Phi) is 6.92. The zero-order valence-corrected chi connectivity index (χ0v) is 22.8. The second kappa shape index (κ2) is 11.0. The summed E-state index contributed by atoms with van der Waals surface area (Å²) in [6.45, 7) is 9.05. The lowest BCUT2D eigenvalue weighted by molar-refractivity contribution is 0.122. The lowest BCUT2D eigenvalue weighted by Crippen LogP contribution is -2.37. The predicted octanol–water partition coefficient (Wildman–Crippen LogP) is 2.29. The van der Waals surface area contributed by atoms with Crippen LogP contribution in [-0.2, 0) is 17.8 Å². The van der Waals surface area contributed by atoms with Gasteiger partial charge in [-0.25, -0.2) is 19.5 Å². The van der Waals surface area contributed by atoms with Crippen LogP contribution in [0.2, 0.25) is 0 Å². The molecule has 7 rings (SSSR count). The number of hydrogen-bond donors (Lipinski definition) is 2. The van der Waals surface area contributed by atoms with Crippen LogP contribution >= 0.6 is 0 Å². The van der Waals surface area contributed by atoms with Crippen molar-refractivity contribution in [1.29, 1.82) is 0 Å². The Morgan fingerprint density at radius 1 is 1.05 bits per heavy atom. The predicted molar refractivity (Wildman–Crippen MR) is 152 cm³/mol. The maximum Gasteiger partial charge on any atom is 0.222 e. The second-order valence-corrected chi connectivity index (χ2v) is 10.9. The van der Waals surface area contributed by atoms with Crippen molar-refractivity contribution in [3.8, 4) is 17.0 Å². The van der Waals surface area contributed by atoms with E-state index in [2.05, 4.69) is 36.5 Å². The Labute approximate surface area is 233 Å². The Morgan fingerprint density at radius 3 is 2.52 bits per heavy atom. The molecule has 11 heteroatoms. The molecule has 0 spiro atoms. The standard InChI is InChI=1S/C29H35N9O2/c1-39-25-4-2-20(3-5-25)11-31-29-32-14-21(15-33-29)26-19-38-27(28(34-26)37-6-8-40-9-7-37)10-24(35-38)18-36-16-22-12-30-13-23(22)17-36/h2-5,10,14-15,19,22-23,30H,6-9,11-13,16-18H2,1H3,(H,31,32,33)/t22-,23-/m1/s1. The van der Waals surface area contributed by atoms with Gasteiger partial charge in [0.05, 0.1) is 37.9 Å². The number of ether oxygens (including phenoxy) is 2. The molecule has 2 N–H and O–H groups in total. The Balaban J connectivity index is 1.12. The van der Waals surface area contributed by atoms with Gasteiger partial charge >= 0.3 is 0 Å². The van der Waals surface area contributed by atoms with E-state index in [0.29, 0.717) is 25.7 Å². The van der Waals surface area contributed by atoms with Gasteiger partial charge < -0.3 is 25.0 Å². The van der Waals surface area contributed by atoms with Crippen LogP contribution in [0, 0.1) is 11.8 Å². The van der Waals surface area contributed by atoms with Crippen LogP contribution in [0.5, 0.6) is 5.75 Å². The fourth-order valence-corrected chi connectivity index (χ4v) is 6.04. The molecule has 6 heterocycles. The normalized spacial score (nSPS) is 21.2. The molecule has 40 heavy (non-hydrogen) atoms. The number of morpholine rings is 1. The summed E-state index contributed by atoms with van der Waals surface area (Å²) in [4.78, 5) is 19.1. The molecule has 0 bridgehead atoms. The first-order valence-electron chi connectivity index (χ1n) is 14.1. The maximum absolute atomic E-state index is 5.62. The van der Waals surface area contributed by atoms with E-state index in [1.165, 1.54) is 0 Å². The highest BCUT2D eigenvalue weighted by atomic mass is 16.5. The molecule has 3 aliphatic rings. The lowest BCUT2D eigenvalue weighted by atomic mass is 10.0. The average molecular weight is 542 g/mol. The molecule has 0 unspecified atom stereocenters. The molecule has 0 radical (unpaired) electrons. The molecule has 11 nitrogen and oxygen atoms in total. The molecule has 0 aliphatic carbocycles. The third-order valence-corrected chi connectivity index (χ3v) is 8.20. The third-order valence-electron chi connectivity index (χ3n) is 8.20. The second-order valence-electron chi connectivity index (χ2n) is 10.9. The molecule has 0 saturated carbocycles. The van der Waals surface area contributed by atoms with Gasteiger partial charge in [-0.1, -0.05) is 12.1 Å². The summed E-state index contributed by atoms with van der Waals surface area (Å²) in [6.07, 6.45) is 5.64. The van der Waals surface area contributed by atoms with E-state index in [0.717, 1.165) is 97.2 Å². The van der Waals surface area contributed by atoms with E-state index in [4.69, 9.17) is 19.6 Å². The minimum atomic E-state index is 0.570.